The van der Waals surface area contributed by atoms with Crippen LogP contribution in [0.15, 0.2) is 48.7 Å². The van der Waals surface area contributed by atoms with Crippen molar-refractivity contribution in [1.82, 2.24) is 9.88 Å². The predicted molar refractivity (Wildman–Crippen MR) is 107 cm³/mol. The first-order valence-corrected chi connectivity index (χ1v) is 9.93. The van der Waals surface area contributed by atoms with Gasteiger partial charge in [-0.2, -0.15) is 0 Å². The van der Waals surface area contributed by atoms with Gasteiger partial charge in [0.1, 0.15) is 5.82 Å². The number of nitrogens with one attached hydrogen (secondary N) is 1. The number of rotatable bonds is 3. The summed E-state index contributed by atoms with van der Waals surface area (Å²) in [5.74, 6) is 0.588. The zero-order valence-electron chi connectivity index (χ0n) is 16.2. The van der Waals surface area contributed by atoms with Crippen LogP contribution < -0.4 is 5.32 Å². The van der Waals surface area contributed by atoms with Gasteiger partial charge < -0.3 is 20.1 Å². The Morgan fingerprint density at radius 2 is 1.96 bits per heavy atom. The van der Waals surface area contributed by atoms with Crippen LogP contribution in [0, 0.1) is 0 Å². The topological polar surface area (TPSA) is 74.7 Å². The maximum atomic E-state index is 13.0. The second-order valence-electron chi connectivity index (χ2n) is 7.74. The molecule has 0 bridgehead atoms. The molecule has 2 aliphatic rings. The van der Waals surface area contributed by atoms with Gasteiger partial charge in [0.2, 0.25) is 0 Å². The summed E-state index contributed by atoms with van der Waals surface area (Å²) in [4.78, 5) is 19.1. The average molecular weight is 381 g/mol. The molecule has 2 aromatic rings. The fourth-order valence-electron chi connectivity index (χ4n) is 4.42. The zero-order valence-corrected chi connectivity index (χ0v) is 16.2. The maximum absolute atomic E-state index is 13.0. The molecule has 2 aliphatic heterocycles. The molecule has 1 amide bonds. The second-order valence-corrected chi connectivity index (χ2v) is 7.74. The summed E-state index contributed by atoms with van der Waals surface area (Å²) < 4.78 is 6.53. The molecule has 6 nitrogen and oxygen atoms in total. The smallest absolute Gasteiger partial charge is 0.257 e. The van der Waals surface area contributed by atoms with E-state index in [1.165, 1.54) is 0 Å². The van der Waals surface area contributed by atoms with Crippen LogP contribution in [-0.2, 0) is 4.74 Å². The Balaban J connectivity index is 1.46. The van der Waals surface area contributed by atoms with E-state index >= 15 is 0 Å². The average Bonchev–Trinajstić information content (AvgIpc) is 2.74. The number of anilines is 1. The van der Waals surface area contributed by atoms with Crippen molar-refractivity contribution >= 4 is 11.7 Å². The molecule has 2 fully saturated rings. The van der Waals surface area contributed by atoms with Crippen LogP contribution in [0.25, 0.3) is 0 Å². The Kier molecular flexibility index (Phi) is 5.33. The number of amides is 1. The van der Waals surface area contributed by atoms with Crippen molar-refractivity contribution in [2.24, 2.45) is 0 Å². The van der Waals surface area contributed by atoms with Crippen molar-refractivity contribution in [2.45, 2.75) is 43.5 Å². The molecule has 2 N–H and O–H groups in total. The van der Waals surface area contributed by atoms with E-state index < -0.39 is 0 Å². The Bertz CT molecular complexity index is 819. The van der Waals surface area contributed by atoms with E-state index in [1.807, 2.05) is 23.1 Å². The number of nitrogens with zero attached hydrogens (tertiary/aromatic N) is 2. The normalized spacial score (nSPS) is 24.1. The number of piperidine rings is 1. The number of benzene rings is 1. The van der Waals surface area contributed by atoms with E-state index in [4.69, 9.17) is 4.74 Å². The number of likely N-dealkylation sites (tertiary alicyclic amines) is 1. The lowest BCUT2D eigenvalue weighted by atomic mass is 9.81. The molecule has 1 aromatic heterocycles. The van der Waals surface area contributed by atoms with Gasteiger partial charge in [0.15, 0.2) is 0 Å². The van der Waals surface area contributed by atoms with Crippen LogP contribution in [0.3, 0.4) is 0 Å². The first-order chi connectivity index (χ1) is 13.6. The number of ether oxygens (including phenoxy) is 1. The fraction of sp³-hybridized carbons (Fsp3) is 0.455. The molecular formula is C22H27N3O3. The Morgan fingerprint density at radius 1 is 1.21 bits per heavy atom. The summed E-state index contributed by atoms with van der Waals surface area (Å²) in [6.07, 6.45) is 3.91. The number of hydrogen-bond donors (Lipinski definition) is 2. The Hall–Kier alpha value is -2.44. The van der Waals surface area contributed by atoms with Gasteiger partial charge in [-0.1, -0.05) is 30.3 Å². The van der Waals surface area contributed by atoms with Crippen molar-refractivity contribution in [1.29, 1.82) is 0 Å². The van der Waals surface area contributed by atoms with Gasteiger partial charge in [-0.25, -0.2) is 4.98 Å². The number of aliphatic hydroxyl groups excluding tert-OH is 1. The first kappa shape index (κ1) is 18.9. The highest BCUT2D eigenvalue weighted by Gasteiger charge is 2.44. The van der Waals surface area contributed by atoms with Gasteiger partial charge in [0, 0.05) is 39.2 Å². The van der Waals surface area contributed by atoms with Crippen molar-refractivity contribution in [3.63, 3.8) is 0 Å². The SMILES string of the molecule is CNc1ncccc1C(=O)N1CCC2(CC1)C[C@@H](O)C[C@H](c1ccccc1)O2. The third-order valence-corrected chi connectivity index (χ3v) is 5.89. The number of hydrogen-bond acceptors (Lipinski definition) is 5. The minimum atomic E-state index is -0.379. The van der Waals surface area contributed by atoms with Crippen LogP contribution in [0.4, 0.5) is 5.82 Å². The van der Waals surface area contributed by atoms with E-state index in [0.29, 0.717) is 37.3 Å². The molecule has 148 valence electrons. The monoisotopic (exact) mass is 381 g/mol. The predicted octanol–water partition coefficient (Wildman–Crippen LogP) is 3.01. The van der Waals surface area contributed by atoms with Gasteiger partial charge in [0.05, 0.1) is 23.4 Å². The molecule has 1 aromatic carbocycles. The molecule has 0 saturated carbocycles. The standard InChI is InChI=1S/C22H27N3O3/c1-23-20-18(8-5-11-24-20)21(27)25-12-9-22(10-13-25)15-17(26)14-19(28-22)16-6-3-2-4-7-16/h2-8,11,17,19,26H,9-10,12-15H2,1H3,(H,23,24)/t17-,19+/m0/s1. The van der Waals surface area contributed by atoms with Crippen molar-refractivity contribution in [3.05, 3.63) is 59.8 Å². The first-order valence-electron chi connectivity index (χ1n) is 9.93. The summed E-state index contributed by atoms with van der Waals surface area (Å²) in [6.45, 7) is 1.23. The molecule has 2 atom stereocenters. The molecule has 0 unspecified atom stereocenters. The van der Waals surface area contributed by atoms with E-state index in [-0.39, 0.29) is 23.7 Å². The highest BCUT2D eigenvalue weighted by molar-refractivity contribution is 5.98. The summed E-state index contributed by atoms with van der Waals surface area (Å²) in [7, 11) is 1.77. The summed E-state index contributed by atoms with van der Waals surface area (Å²) in [5, 5.41) is 13.5. The van der Waals surface area contributed by atoms with E-state index in [1.54, 1.807) is 25.4 Å². The van der Waals surface area contributed by atoms with Crippen LogP contribution >= 0.6 is 0 Å². The van der Waals surface area contributed by atoms with Crippen LogP contribution in [0.5, 0.6) is 0 Å². The van der Waals surface area contributed by atoms with Gasteiger partial charge in [0.25, 0.3) is 5.91 Å². The largest absolute Gasteiger partial charge is 0.393 e. The van der Waals surface area contributed by atoms with E-state index in [0.717, 1.165) is 18.4 Å². The number of carbonyl (C=O) groups excluding carboxylic acids is 1. The summed E-state index contributed by atoms with van der Waals surface area (Å²) >= 11 is 0. The molecule has 2 saturated heterocycles. The molecule has 1 spiro atoms. The third kappa shape index (κ3) is 3.75. The highest BCUT2D eigenvalue weighted by Crippen LogP contribution is 2.43. The third-order valence-electron chi connectivity index (χ3n) is 5.89. The minimum absolute atomic E-state index is 0.0109. The number of aliphatic hydroxyl groups is 1. The van der Waals surface area contributed by atoms with Crippen molar-refractivity contribution in [3.8, 4) is 0 Å². The van der Waals surface area contributed by atoms with Crippen LogP contribution in [0.1, 0.15) is 47.7 Å². The van der Waals surface area contributed by atoms with E-state index in [9.17, 15) is 9.90 Å². The zero-order chi connectivity index (χ0) is 19.6. The van der Waals surface area contributed by atoms with Crippen LogP contribution in [0.2, 0.25) is 0 Å². The van der Waals surface area contributed by atoms with Gasteiger partial charge >= 0.3 is 0 Å². The minimum Gasteiger partial charge on any atom is -0.393 e. The van der Waals surface area contributed by atoms with Gasteiger partial charge in [-0.3, -0.25) is 4.79 Å². The lowest BCUT2D eigenvalue weighted by Crippen LogP contribution is -2.52. The highest BCUT2D eigenvalue weighted by atomic mass is 16.5. The van der Waals surface area contributed by atoms with E-state index in [2.05, 4.69) is 22.4 Å². The van der Waals surface area contributed by atoms with Crippen LogP contribution in [-0.4, -0.2) is 52.7 Å². The molecule has 0 radical (unpaired) electrons. The Morgan fingerprint density at radius 3 is 2.68 bits per heavy atom. The fourth-order valence-corrected chi connectivity index (χ4v) is 4.42. The number of pyridine rings is 1. The number of carbonyl (C=O) groups is 1. The molecular weight excluding hydrogens is 354 g/mol. The molecule has 6 heteroatoms. The van der Waals surface area contributed by atoms with Gasteiger partial charge in [-0.05, 0) is 30.5 Å². The van der Waals surface area contributed by atoms with Crippen molar-refractivity contribution in [2.75, 3.05) is 25.5 Å². The summed E-state index contributed by atoms with van der Waals surface area (Å²) in [5.41, 5.74) is 1.33. The van der Waals surface area contributed by atoms with Crippen molar-refractivity contribution < 1.29 is 14.6 Å². The molecule has 4 rings (SSSR count). The van der Waals surface area contributed by atoms with Gasteiger partial charge in [-0.15, -0.1) is 0 Å². The second kappa shape index (κ2) is 7.89. The molecule has 0 aliphatic carbocycles. The lowest BCUT2D eigenvalue weighted by Gasteiger charge is -2.48. The molecule has 28 heavy (non-hydrogen) atoms. The quantitative estimate of drug-likeness (QED) is 0.855. The number of aromatic nitrogens is 1. The molecule has 3 heterocycles. The maximum Gasteiger partial charge on any atom is 0.257 e. The Labute approximate surface area is 165 Å². The summed E-state index contributed by atoms with van der Waals surface area (Å²) in [6, 6.07) is 13.7. The lowest BCUT2D eigenvalue weighted by molar-refractivity contribution is -0.181.